The lowest BCUT2D eigenvalue weighted by Crippen LogP contribution is -2.58. The highest BCUT2D eigenvalue weighted by molar-refractivity contribution is 5.91. The molecule has 0 bridgehead atoms. The van der Waals surface area contributed by atoms with Crippen molar-refractivity contribution in [1.82, 2.24) is 10.6 Å². The van der Waals surface area contributed by atoms with Gasteiger partial charge < -0.3 is 20.5 Å². The Kier molecular flexibility index (Phi) is 7.24. The second-order valence-corrected chi connectivity index (χ2v) is 9.62. The van der Waals surface area contributed by atoms with Crippen LogP contribution < -0.4 is 10.6 Å². The van der Waals surface area contributed by atoms with Crippen LogP contribution in [-0.4, -0.2) is 41.3 Å². The molecular formula is C28H32N2O5. The van der Waals surface area contributed by atoms with Crippen molar-refractivity contribution in [1.29, 1.82) is 0 Å². The van der Waals surface area contributed by atoms with Gasteiger partial charge in [0, 0.05) is 5.92 Å². The van der Waals surface area contributed by atoms with Gasteiger partial charge in [-0.3, -0.25) is 4.79 Å². The predicted molar refractivity (Wildman–Crippen MR) is 133 cm³/mol. The number of aliphatic carboxylic acids is 1. The molecular weight excluding hydrogens is 444 g/mol. The van der Waals surface area contributed by atoms with Crippen molar-refractivity contribution in [3.63, 3.8) is 0 Å². The maximum Gasteiger partial charge on any atom is 0.407 e. The van der Waals surface area contributed by atoms with Crippen molar-refractivity contribution in [2.45, 2.75) is 63.5 Å². The van der Waals surface area contributed by atoms with Gasteiger partial charge >= 0.3 is 12.1 Å². The van der Waals surface area contributed by atoms with E-state index in [1.165, 1.54) is 0 Å². The minimum atomic E-state index is -1.27. The number of rotatable bonds is 8. The number of ether oxygens (including phenoxy) is 1. The first-order valence-electron chi connectivity index (χ1n) is 12.1. The highest BCUT2D eigenvalue weighted by Gasteiger charge is 2.43. The molecule has 3 N–H and O–H groups in total. The van der Waals surface area contributed by atoms with E-state index in [1.807, 2.05) is 56.3 Å². The summed E-state index contributed by atoms with van der Waals surface area (Å²) in [4.78, 5) is 37.7. The van der Waals surface area contributed by atoms with Crippen molar-refractivity contribution in [2.75, 3.05) is 6.61 Å². The first-order chi connectivity index (χ1) is 16.8. The summed E-state index contributed by atoms with van der Waals surface area (Å²) >= 11 is 0. The summed E-state index contributed by atoms with van der Waals surface area (Å²) in [5, 5.41) is 15.1. The number of carboxylic acid groups (broad SMARTS) is 1. The lowest BCUT2D eigenvalue weighted by atomic mass is 9.97. The number of benzene rings is 2. The molecule has 0 radical (unpaired) electrons. The van der Waals surface area contributed by atoms with Gasteiger partial charge in [0.25, 0.3) is 0 Å². The molecule has 0 heterocycles. The fourth-order valence-electron chi connectivity index (χ4n) is 5.06. The van der Waals surface area contributed by atoms with E-state index >= 15 is 0 Å². The minimum Gasteiger partial charge on any atom is -0.480 e. The summed E-state index contributed by atoms with van der Waals surface area (Å²) in [6.45, 7) is 3.94. The van der Waals surface area contributed by atoms with Crippen LogP contribution in [0, 0.1) is 0 Å². The Balaban J connectivity index is 1.44. The third-order valence-electron chi connectivity index (χ3n) is 6.94. The van der Waals surface area contributed by atoms with E-state index in [9.17, 15) is 19.5 Å². The highest BCUT2D eigenvalue weighted by atomic mass is 16.5. The first kappa shape index (κ1) is 24.5. The van der Waals surface area contributed by atoms with E-state index < -0.39 is 29.6 Å². The fourth-order valence-corrected chi connectivity index (χ4v) is 5.06. The van der Waals surface area contributed by atoms with Crippen LogP contribution in [0.5, 0.6) is 0 Å². The van der Waals surface area contributed by atoms with Crippen LogP contribution in [-0.2, 0) is 14.3 Å². The summed E-state index contributed by atoms with van der Waals surface area (Å²) in [6, 6.07) is 15.2. The zero-order chi connectivity index (χ0) is 25.0. The van der Waals surface area contributed by atoms with E-state index in [0.717, 1.165) is 40.7 Å². The second kappa shape index (κ2) is 10.3. The molecule has 2 amide bonds. The third kappa shape index (κ3) is 5.24. The average Bonchev–Trinajstić information content (AvgIpc) is 3.44. The molecule has 4 rings (SSSR count). The number of carboxylic acids is 1. The van der Waals surface area contributed by atoms with Gasteiger partial charge in [0.1, 0.15) is 18.2 Å². The molecule has 2 aliphatic rings. The molecule has 1 fully saturated rings. The molecule has 2 aromatic carbocycles. The molecule has 1 atom stereocenters. The molecule has 35 heavy (non-hydrogen) atoms. The quantitative estimate of drug-likeness (QED) is 0.477. The van der Waals surface area contributed by atoms with Crippen molar-refractivity contribution in [2.24, 2.45) is 0 Å². The number of nitrogens with one attached hydrogen (secondary N) is 2. The Morgan fingerprint density at radius 2 is 1.60 bits per heavy atom. The van der Waals surface area contributed by atoms with Crippen LogP contribution in [0.15, 0.2) is 60.2 Å². The zero-order valence-electron chi connectivity index (χ0n) is 20.2. The molecule has 7 nitrogen and oxygen atoms in total. The summed E-state index contributed by atoms with van der Waals surface area (Å²) in [5.41, 5.74) is 4.19. The van der Waals surface area contributed by atoms with Gasteiger partial charge in [-0.2, -0.15) is 0 Å². The number of alkyl carbamates (subject to hydrolysis) is 1. The molecule has 0 saturated heterocycles. The molecule has 1 unspecified atom stereocenters. The Morgan fingerprint density at radius 1 is 1.03 bits per heavy atom. The maximum atomic E-state index is 13.1. The third-order valence-corrected chi connectivity index (χ3v) is 6.94. The summed E-state index contributed by atoms with van der Waals surface area (Å²) in [7, 11) is 0. The van der Waals surface area contributed by atoms with E-state index in [0.29, 0.717) is 12.8 Å². The number of amides is 2. The van der Waals surface area contributed by atoms with Crippen molar-refractivity contribution in [3.8, 4) is 11.1 Å². The number of hydrogen-bond acceptors (Lipinski definition) is 4. The lowest BCUT2D eigenvalue weighted by molar-refractivity contribution is -0.147. The minimum absolute atomic E-state index is 0.0908. The highest BCUT2D eigenvalue weighted by Crippen LogP contribution is 2.44. The molecule has 1 saturated carbocycles. The Morgan fingerprint density at radius 3 is 2.14 bits per heavy atom. The van der Waals surface area contributed by atoms with Crippen LogP contribution >= 0.6 is 0 Å². The van der Waals surface area contributed by atoms with Crippen LogP contribution in [0.1, 0.15) is 63.0 Å². The number of hydrogen-bond donors (Lipinski definition) is 3. The fraction of sp³-hybridized carbons (Fsp3) is 0.393. The van der Waals surface area contributed by atoms with E-state index in [4.69, 9.17) is 4.74 Å². The van der Waals surface area contributed by atoms with Crippen LogP contribution in [0.4, 0.5) is 4.79 Å². The first-order valence-corrected chi connectivity index (χ1v) is 12.1. The van der Waals surface area contributed by atoms with Gasteiger partial charge in [-0.25, -0.2) is 9.59 Å². The van der Waals surface area contributed by atoms with Crippen molar-refractivity contribution < 1.29 is 24.2 Å². The molecule has 2 aliphatic carbocycles. The van der Waals surface area contributed by atoms with E-state index in [-0.39, 0.29) is 18.9 Å². The summed E-state index contributed by atoms with van der Waals surface area (Å²) < 4.78 is 5.60. The van der Waals surface area contributed by atoms with Crippen LogP contribution in [0.25, 0.3) is 11.1 Å². The Bertz CT molecular complexity index is 1100. The molecule has 2 aromatic rings. The molecule has 0 aliphatic heterocycles. The Labute approximate surface area is 205 Å². The van der Waals surface area contributed by atoms with Gasteiger partial charge in [0.05, 0.1) is 0 Å². The standard InChI is InChI=1S/C28H32N2O5/c1-18(2)13-14-24(25(31)30-28(26(32)33)15-7-8-16-28)29-27(34)35-17-23-21-11-5-3-9-19(21)20-10-4-6-12-22(20)23/h3-6,9-13,23-24H,7-8,14-17H2,1-2H3,(H,29,34)(H,30,31)(H,32,33). The zero-order valence-corrected chi connectivity index (χ0v) is 20.2. The summed E-state index contributed by atoms with van der Waals surface area (Å²) in [6.07, 6.45) is 3.63. The van der Waals surface area contributed by atoms with Gasteiger partial charge in [-0.15, -0.1) is 0 Å². The van der Waals surface area contributed by atoms with E-state index in [2.05, 4.69) is 22.8 Å². The molecule has 0 spiro atoms. The normalized spacial score (nSPS) is 16.5. The predicted octanol–water partition coefficient (Wildman–Crippen LogP) is 4.76. The number of carbonyl (C=O) groups excluding carboxylic acids is 2. The van der Waals surface area contributed by atoms with Crippen molar-refractivity contribution in [3.05, 3.63) is 71.3 Å². The Hall–Kier alpha value is -3.61. The van der Waals surface area contributed by atoms with Crippen LogP contribution in [0.2, 0.25) is 0 Å². The maximum absolute atomic E-state index is 13.1. The molecule has 184 valence electrons. The van der Waals surface area contributed by atoms with Crippen molar-refractivity contribution >= 4 is 18.0 Å². The second-order valence-electron chi connectivity index (χ2n) is 9.62. The monoisotopic (exact) mass is 476 g/mol. The van der Waals surface area contributed by atoms with E-state index in [1.54, 1.807) is 0 Å². The average molecular weight is 477 g/mol. The summed E-state index contributed by atoms with van der Waals surface area (Å²) in [5.74, 6) is -1.64. The topological polar surface area (TPSA) is 105 Å². The number of fused-ring (bicyclic) bond motifs is 3. The largest absolute Gasteiger partial charge is 0.480 e. The number of allylic oxidation sites excluding steroid dienone is 1. The van der Waals surface area contributed by atoms with Gasteiger partial charge in [-0.1, -0.05) is 73.0 Å². The van der Waals surface area contributed by atoms with Gasteiger partial charge in [0.2, 0.25) is 5.91 Å². The van der Waals surface area contributed by atoms with Crippen LogP contribution in [0.3, 0.4) is 0 Å². The molecule has 7 heteroatoms. The SMILES string of the molecule is CC(C)=CCC(NC(=O)OCC1c2ccccc2-c2ccccc21)C(=O)NC1(C(=O)O)CCCC1. The van der Waals surface area contributed by atoms with Gasteiger partial charge in [-0.05, 0) is 55.4 Å². The number of carbonyl (C=O) groups is 3. The van der Waals surface area contributed by atoms with Gasteiger partial charge in [0.15, 0.2) is 0 Å². The molecule has 0 aromatic heterocycles. The smallest absolute Gasteiger partial charge is 0.407 e. The lowest BCUT2D eigenvalue weighted by Gasteiger charge is -2.28.